The Balaban J connectivity index is 1.37. The third-order valence-corrected chi connectivity index (χ3v) is 7.49. The number of carbonyl (C=O) groups is 2. The van der Waals surface area contributed by atoms with Crippen LogP contribution in [0.3, 0.4) is 0 Å². The van der Waals surface area contributed by atoms with Crippen molar-refractivity contribution in [2.75, 3.05) is 0 Å². The van der Waals surface area contributed by atoms with E-state index in [1.165, 1.54) is 47.7 Å². The average Bonchev–Trinajstić information content (AvgIpc) is 3.56. The minimum absolute atomic E-state index is 0.0155. The Morgan fingerprint density at radius 2 is 1.89 bits per heavy atom. The van der Waals surface area contributed by atoms with Crippen LogP contribution in [-0.2, 0) is 32.6 Å². The van der Waals surface area contributed by atoms with Gasteiger partial charge in [-0.25, -0.2) is 9.18 Å². The predicted octanol–water partition coefficient (Wildman–Crippen LogP) is 4.11. The second kappa shape index (κ2) is 9.28. The number of aromatic nitrogens is 2. The summed E-state index contributed by atoms with van der Waals surface area (Å²) in [4.78, 5) is 27.4. The third kappa shape index (κ3) is 4.86. The number of carbonyl (C=O) groups excluding carboxylic acids is 2. The van der Waals surface area contributed by atoms with Crippen LogP contribution in [-0.4, -0.2) is 40.1 Å². The summed E-state index contributed by atoms with van der Waals surface area (Å²) in [5.41, 5.74) is 0.626. The van der Waals surface area contributed by atoms with Gasteiger partial charge in [0.05, 0.1) is 23.4 Å². The number of benzene rings is 2. The molecule has 1 atom stereocenters. The Bertz CT molecular complexity index is 1630. The standard InChI is InChI=1S/C26H25FN4O6S/c1-26(2,3)37-25(33)28-23(19-6-4-5-7-20(19)27)24(32)30-13-17-14-31(29-21(17)15-30)38(34,35)18-8-9-22-16(12-18)10-11-36-22/h4-12,14,23H,13,15H2,1-3H3,(H,28,33). The number of fused-ring (bicyclic) bond motifs is 2. The molecule has 0 aliphatic carbocycles. The molecule has 3 heterocycles. The lowest BCUT2D eigenvalue weighted by Crippen LogP contribution is -2.43. The quantitative estimate of drug-likeness (QED) is 0.404. The summed E-state index contributed by atoms with van der Waals surface area (Å²) in [5, 5.41) is 7.34. The maximum Gasteiger partial charge on any atom is 0.408 e. The van der Waals surface area contributed by atoms with E-state index in [-0.39, 0.29) is 23.5 Å². The minimum atomic E-state index is -3.98. The van der Waals surface area contributed by atoms with Crippen LogP contribution in [0.1, 0.15) is 43.6 Å². The Morgan fingerprint density at radius 3 is 2.61 bits per heavy atom. The van der Waals surface area contributed by atoms with Gasteiger partial charge in [-0.3, -0.25) is 4.79 Å². The van der Waals surface area contributed by atoms with Gasteiger partial charge in [0.2, 0.25) is 0 Å². The van der Waals surface area contributed by atoms with E-state index in [9.17, 15) is 22.4 Å². The predicted molar refractivity (Wildman–Crippen MR) is 134 cm³/mol. The van der Waals surface area contributed by atoms with Gasteiger partial charge in [-0.1, -0.05) is 18.2 Å². The number of nitrogens with zero attached hydrogens (tertiary/aromatic N) is 3. The molecule has 1 aliphatic heterocycles. The van der Waals surface area contributed by atoms with E-state index in [1.54, 1.807) is 39.0 Å². The number of rotatable bonds is 5. The van der Waals surface area contributed by atoms with Crippen molar-refractivity contribution in [1.29, 1.82) is 0 Å². The van der Waals surface area contributed by atoms with Crippen molar-refractivity contribution in [1.82, 2.24) is 19.4 Å². The van der Waals surface area contributed by atoms with Gasteiger partial charge in [0.25, 0.3) is 15.9 Å². The molecule has 4 aromatic rings. The molecule has 10 nitrogen and oxygen atoms in total. The van der Waals surface area contributed by atoms with Gasteiger partial charge in [0.1, 0.15) is 23.0 Å². The van der Waals surface area contributed by atoms with Crippen molar-refractivity contribution >= 4 is 33.0 Å². The number of alkyl carbamates (subject to hydrolysis) is 1. The molecule has 1 N–H and O–H groups in total. The molecule has 2 aromatic carbocycles. The van der Waals surface area contributed by atoms with Gasteiger partial charge in [-0.15, -0.1) is 0 Å². The molecule has 1 unspecified atom stereocenters. The van der Waals surface area contributed by atoms with Crippen molar-refractivity contribution in [2.24, 2.45) is 0 Å². The van der Waals surface area contributed by atoms with E-state index in [0.29, 0.717) is 22.2 Å². The van der Waals surface area contributed by atoms with E-state index in [2.05, 4.69) is 10.4 Å². The Morgan fingerprint density at radius 1 is 1.13 bits per heavy atom. The van der Waals surface area contributed by atoms with Crippen LogP contribution in [0.25, 0.3) is 11.0 Å². The number of furan rings is 1. The second-order valence-corrected chi connectivity index (χ2v) is 11.7. The topological polar surface area (TPSA) is 124 Å². The lowest BCUT2D eigenvalue weighted by atomic mass is 10.0. The number of halogens is 1. The smallest absolute Gasteiger partial charge is 0.408 e. The van der Waals surface area contributed by atoms with Crippen LogP contribution in [0.15, 0.2) is 70.3 Å². The number of nitrogens with one attached hydrogen (secondary N) is 1. The number of hydrogen-bond donors (Lipinski definition) is 1. The van der Waals surface area contributed by atoms with Gasteiger partial charge < -0.3 is 19.4 Å². The molecule has 0 saturated heterocycles. The van der Waals surface area contributed by atoms with Crippen LogP contribution in [0.2, 0.25) is 0 Å². The van der Waals surface area contributed by atoms with Gasteiger partial charge >= 0.3 is 6.09 Å². The first-order valence-corrected chi connectivity index (χ1v) is 13.2. The Hall–Kier alpha value is -4.19. The fourth-order valence-electron chi connectivity index (χ4n) is 4.21. The number of amides is 2. The zero-order chi connectivity index (χ0) is 27.2. The summed E-state index contributed by atoms with van der Waals surface area (Å²) in [6.45, 7) is 5.04. The molecule has 0 fully saturated rings. The Labute approximate surface area is 218 Å². The highest BCUT2D eigenvalue weighted by Crippen LogP contribution is 2.29. The molecule has 38 heavy (non-hydrogen) atoms. The van der Waals surface area contributed by atoms with E-state index >= 15 is 0 Å². The lowest BCUT2D eigenvalue weighted by Gasteiger charge is -2.26. The first kappa shape index (κ1) is 25.5. The molecule has 2 amide bonds. The van der Waals surface area contributed by atoms with Crippen molar-refractivity contribution < 1.29 is 31.6 Å². The molecule has 0 saturated carbocycles. The molecule has 2 aromatic heterocycles. The zero-order valence-corrected chi connectivity index (χ0v) is 21.7. The van der Waals surface area contributed by atoms with Gasteiger partial charge in [0.15, 0.2) is 0 Å². The maximum atomic E-state index is 14.6. The SMILES string of the molecule is CC(C)(C)OC(=O)NC(C(=O)N1Cc2cn(S(=O)(=O)c3ccc4occc4c3)nc2C1)c1ccccc1F. The molecular formula is C26H25FN4O6S. The fraction of sp³-hybridized carbons (Fsp3) is 0.269. The summed E-state index contributed by atoms with van der Waals surface area (Å²) in [7, 11) is -3.98. The van der Waals surface area contributed by atoms with E-state index in [1.807, 2.05) is 0 Å². The summed E-state index contributed by atoms with van der Waals surface area (Å²) in [6, 6.07) is 10.5. The normalized spacial score (nSPS) is 14.4. The van der Waals surface area contributed by atoms with Gasteiger partial charge in [-0.05, 0) is 51.1 Å². The molecule has 198 valence electrons. The molecule has 0 bridgehead atoms. The molecule has 12 heteroatoms. The van der Waals surface area contributed by atoms with E-state index in [4.69, 9.17) is 9.15 Å². The van der Waals surface area contributed by atoms with Crippen LogP contribution in [0, 0.1) is 5.82 Å². The molecule has 0 spiro atoms. The number of hydrogen-bond acceptors (Lipinski definition) is 7. The van der Waals surface area contributed by atoms with Crippen molar-refractivity contribution in [3.05, 3.63) is 83.6 Å². The first-order chi connectivity index (χ1) is 17.9. The highest BCUT2D eigenvalue weighted by atomic mass is 32.2. The largest absolute Gasteiger partial charge is 0.464 e. The van der Waals surface area contributed by atoms with Crippen LogP contribution >= 0.6 is 0 Å². The van der Waals surface area contributed by atoms with E-state index < -0.39 is 39.5 Å². The molecule has 1 aliphatic rings. The van der Waals surface area contributed by atoms with Crippen molar-refractivity contribution in [2.45, 2.75) is 50.4 Å². The molecule has 5 rings (SSSR count). The number of ether oxygens (including phenoxy) is 1. The summed E-state index contributed by atoms with van der Waals surface area (Å²) in [6.07, 6.45) is 1.96. The lowest BCUT2D eigenvalue weighted by molar-refractivity contribution is -0.134. The summed E-state index contributed by atoms with van der Waals surface area (Å²) in [5.74, 6) is -1.25. The molecular weight excluding hydrogens is 515 g/mol. The first-order valence-electron chi connectivity index (χ1n) is 11.8. The molecule has 0 radical (unpaired) electrons. The third-order valence-electron chi connectivity index (χ3n) is 5.96. The summed E-state index contributed by atoms with van der Waals surface area (Å²) >= 11 is 0. The highest BCUT2D eigenvalue weighted by Gasteiger charge is 2.36. The van der Waals surface area contributed by atoms with Crippen LogP contribution in [0.4, 0.5) is 9.18 Å². The monoisotopic (exact) mass is 540 g/mol. The van der Waals surface area contributed by atoms with Gasteiger partial charge in [0, 0.05) is 29.3 Å². The average molecular weight is 541 g/mol. The van der Waals surface area contributed by atoms with Gasteiger partial charge in [-0.2, -0.15) is 17.6 Å². The second-order valence-electron chi connectivity index (χ2n) is 9.89. The maximum absolute atomic E-state index is 14.6. The zero-order valence-electron chi connectivity index (χ0n) is 20.8. The van der Waals surface area contributed by atoms with Crippen LogP contribution < -0.4 is 5.32 Å². The van der Waals surface area contributed by atoms with Crippen molar-refractivity contribution in [3.63, 3.8) is 0 Å². The summed E-state index contributed by atoms with van der Waals surface area (Å²) < 4.78 is 52.4. The highest BCUT2D eigenvalue weighted by molar-refractivity contribution is 7.89. The minimum Gasteiger partial charge on any atom is -0.464 e. The Kier molecular flexibility index (Phi) is 6.22. The van der Waals surface area contributed by atoms with Crippen molar-refractivity contribution in [3.8, 4) is 0 Å². The van der Waals surface area contributed by atoms with Crippen LogP contribution in [0.5, 0.6) is 0 Å². The fourth-order valence-corrected chi connectivity index (χ4v) is 5.41. The van der Waals surface area contributed by atoms with E-state index in [0.717, 1.165) is 4.09 Å².